The van der Waals surface area contributed by atoms with Gasteiger partial charge in [-0.15, -0.1) is 0 Å². The van der Waals surface area contributed by atoms with Gasteiger partial charge in [-0.3, -0.25) is 4.90 Å². The lowest BCUT2D eigenvalue weighted by molar-refractivity contribution is 0.0975. The minimum Gasteiger partial charge on any atom is -0.311 e. The smallest absolute Gasteiger partial charge is 0.0196 e. The number of hydrogen-bond donors (Lipinski definition) is 1. The molecule has 0 radical (unpaired) electrons. The highest BCUT2D eigenvalue weighted by molar-refractivity contribution is 7.07. The monoisotopic (exact) mass is 252 g/mol. The standard InChI is InChI=1S/C14H24N2S/c1-4-14-9-16(12(3)8-15-14)11(2)7-13-5-6-17-10-13/h5-6,10-12,14-15H,4,7-9H2,1-3H3. The van der Waals surface area contributed by atoms with Gasteiger partial charge in [0.05, 0.1) is 0 Å². The molecule has 3 atom stereocenters. The van der Waals surface area contributed by atoms with Crippen LogP contribution in [0.25, 0.3) is 0 Å². The Hall–Kier alpha value is -0.380. The highest BCUT2D eigenvalue weighted by Crippen LogP contribution is 2.17. The lowest BCUT2D eigenvalue weighted by atomic mass is 10.0. The first-order chi connectivity index (χ1) is 8.20. The third-order valence-corrected chi connectivity index (χ3v) is 4.60. The van der Waals surface area contributed by atoms with Crippen LogP contribution in [0.15, 0.2) is 16.8 Å². The SMILES string of the molecule is CCC1CN(C(C)Cc2ccsc2)C(C)CN1. The Balaban J connectivity index is 1.94. The van der Waals surface area contributed by atoms with E-state index in [-0.39, 0.29) is 0 Å². The lowest BCUT2D eigenvalue weighted by Gasteiger charge is -2.42. The summed E-state index contributed by atoms with van der Waals surface area (Å²) in [5.74, 6) is 0. The summed E-state index contributed by atoms with van der Waals surface area (Å²) >= 11 is 1.80. The van der Waals surface area contributed by atoms with E-state index in [0.29, 0.717) is 18.1 Å². The molecule has 1 saturated heterocycles. The van der Waals surface area contributed by atoms with E-state index in [1.807, 2.05) is 0 Å². The van der Waals surface area contributed by atoms with Crippen molar-refractivity contribution in [3.8, 4) is 0 Å². The Morgan fingerprint density at radius 2 is 2.41 bits per heavy atom. The van der Waals surface area contributed by atoms with E-state index in [9.17, 15) is 0 Å². The summed E-state index contributed by atoms with van der Waals surface area (Å²) in [4.78, 5) is 2.67. The number of rotatable bonds is 4. The molecule has 0 amide bonds. The molecule has 1 fully saturated rings. The topological polar surface area (TPSA) is 15.3 Å². The molecule has 2 heterocycles. The van der Waals surface area contributed by atoms with Crippen LogP contribution in [0, 0.1) is 0 Å². The van der Waals surface area contributed by atoms with Crippen molar-refractivity contribution in [3.05, 3.63) is 22.4 Å². The van der Waals surface area contributed by atoms with Crippen molar-refractivity contribution in [2.75, 3.05) is 13.1 Å². The van der Waals surface area contributed by atoms with Gasteiger partial charge in [0.2, 0.25) is 0 Å². The number of hydrogen-bond acceptors (Lipinski definition) is 3. The van der Waals surface area contributed by atoms with Crippen LogP contribution in [0.3, 0.4) is 0 Å². The molecule has 1 aromatic heterocycles. The van der Waals surface area contributed by atoms with Crippen molar-refractivity contribution in [1.29, 1.82) is 0 Å². The molecule has 1 aliphatic rings. The van der Waals surface area contributed by atoms with E-state index < -0.39 is 0 Å². The van der Waals surface area contributed by atoms with Crippen molar-refractivity contribution in [2.45, 2.75) is 51.7 Å². The van der Waals surface area contributed by atoms with E-state index in [4.69, 9.17) is 0 Å². The second-order valence-corrected chi connectivity index (χ2v) is 6.02. The second-order valence-electron chi connectivity index (χ2n) is 5.24. The molecule has 1 N–H and O–H groups in total. The molecule has 0 aliphatic carbocycles. The van der Waals surface area contributed by atoms with Gasteiger partial charge in [0, 0.05) is 31.2 Å². The van der Waals surface area contributed by atoms with Crippen molar-refractivity contribution < 1.29 is 0 Å². The average Bonchev–Trinajstić information content (AvgIpc) is 2.82. The Labute approximate surface area is 109 Å². The molecule has 96 valence electrons. The van der Waals surface area contributed by atoms with Gasteiger partial charge in [-0.2, -0.15) is 11.3 Å². The summed E-state index contributed by atoms with van der Waals surface area (Å²) in [6.07, 6.45) is 2.42. The van der Waals surface area contributed by atoms with Crippen molar-refractivity contribution in [2.24, 2.45) is 0 Å². The van der Waals surface area contributed by atoms with Crippen LogP contribution in [0.1, 0.15) is 32.8 Å². The van der Waals surface area contributed by atoms with Gasteiger partial charge in [-0.25, -0.2) is 0 Å². The van der Waals surface area contributed by atoms with Crippen LogP contribution < -0.4 is 5.32 Å². The van der Waals surface area contributed by atoms with Gasteiger partial charge in [-0.1, -0.05) is 6.92 Å². The minimum absolute atomic E-state index is 0.649. The molecule has 0 saturated carbocycles. The van der Waals surface area contributed by atoms with Crippen LogP contribution in [0.4, 0.5) is 0 Å². The molecule has 2 rings (SSSR count). The van der Waals surface area contributed by atoms with E-state index in [0.717, 1.165) is 6.54 Å². The zero-order valence-electron chi connectivity index (χ0n) is 11.1. The van der Waals surface area contributed by atoms with Gasteiger partial charge in [-0.05, 0) is 49.1 Å². The maximum atomic E-state index is 3.62. The first-order valence-electron chi connectivity index (χ1n) is 6.71. The Morgan fingerprint density at radius 3 is 3.06 bits per heavy atom. The second kappa shape index (κ2) is 5.98. The minimum atomic E-state index is 0.649. The van der Waals surface area contributed by atoms with Crippen LogP contribution >= 0.6 is 11.3 Å². The molecular weight excluding hydrogens is 228 g/mol. The van der Waals surface area contributed by atoms with Crippen molar-refractivity contribution in [3.63, 3.8) is 0 Å². The molecule has 0 spiro atoms. The zero-order valence-corrected chi connectivity index (χ0v) is 12.0. The predicted molar refractivity (Wildman–Crippen MR) is 75.7 cm³/mol. The Morgan fingerprint density at radius 1 is 1.59 bits per heavy atom. The van der Waals surface area contributed by atoms with Gasteiger partial charge in [0.15, 0.2) is 0 Å². The van der Waals surface area contributed by atoms with E-state index in [1.165, 1.54) is 24.9 Å². The quantitative estimate of drug-likeness (QED) is 0.886. The molecule has 1 aliphatic heterocycles. The number of nitrogens with one attached hydrogen (secondary N) is 1. The largest absolute Gasteiger partial charge is 0.311 e. The molecule has 17 heavy (non-hydrogen) atoms. The summed E-state index contributed by atoms with van der Waals surface area (Å²) in [7, 11) is 0. The normalized spacial score (nSPS) is 28.2. The molecular formula is C14H24N2S. The fraction of sp³-hybridized carbons (Fsp3) is 0.714. The van der Waals surface area contributed by atoms with E-state index in [2.05, 4.69) is 47.8 Å². The maximum absolute atomic E-state index is 3.62. The summed E-state index contributed by atoms with van der Waals surface area (Å²) in [6.45, 7) is 9.31. The van der Waals surface area contributed by atoms with Crippen LogP contribution in [-0.4, -0.2) is 36.1 Å². The molecule has 0 bridgehead atoms. The fourth-order valence-corrected chi connectivity index (χ4v) is 3.39. The molecule has 3 heteroatoms. The molecule has 3 unspecified atom stereocenters. The average molecular weight is 252 g/mol. The molecule has 0 aromatic carbocycles. The van der Waals surface area contributed by atoms with Crippen molar-refractivity contribution in [1.82, 2.24) is 10.2 Å². The maximum Gasteiger partial charge on any atom is 0.0196 e. The molecule has 1 aromatic rings. The zero-order chi connectivity index (χ0) is 12.3. The Kier molecular flexibility index (Phi) is 4.60. The van der Waals surface area contributed by atoms with Gasteiger partial charge in [0.1, 0.15) is 0 Å². The van der Waals surface area contributed by atoms with E-state index in [1.54, 1.807) is 11.3 Å². The lowest BCUT2D eigenvalue weighted by Crippen LogP contribution is -2.58. The summed E-state index contributed by atoms with van der Waals surface area (Å²) < 4.78 is 0. The van der Waals surface area contributed by atoms with Crippen molar-refractivity contribution >= 4 is 11.3 Å². The molecule has 2 nitrogen and oxygen atoms in total. The van der Waals surface area contributed by atoms with Gasteiger partial charge < -0.3 is 5.32 Å². The number of nitrogens with zero attached hydrogens (tertiary/aromatic N) is 1. The fourth-order valence-electron chi connectivity index (χ4n) is 2.71. The first-order valence-corrected chi connectivity index (χ1v) is 7.65. The van der Waals surface area contributed by atoms with E-state index >= 15 is 0 Å². The summed E-state index contributed by atoms with van der Waals surface area (Å²) in [5.41, 5.74) is 1.49. The first kappa shape index (κ1) is 13.1. The summed E-state index contributed by atoms with van der Waals surface area (Å²) in [5, 5.41) is 8.08. The highest BCUT2D eigenvalue weighted by Gasteiger charge is 2.27. The van der Waals surface area contributed by atoms with Crippen LogP contribution in [-0.2, 0) is 6.42 Å². The number of thiophene rings is 1. The number of piperazine rings is 1. The Bertz CT molecular complexity index is 323. The third kappa shape index (κ3) is 3.30. The van der Waals surface area contributed by atoms with Gasteiger partial charge in [0.25, 0.3) is 0 Å². The predicted octanol–water partition coefficient (Wildman–Crippen LogP) is 2.75. The highest BCUT2D eigenvalue weighted by atomic mass is 32.1. The van der Waals surface area contributed by atoms with Crippen LogP contribution in [0.5, 0.6) is 0 Å². The third-order valence-electron chi connectivity index (χ3n) is 3.87. The van der Waals surface area contributed by atoms with Crippen LogP contribution in [0.2, 0.25) is 0 Å². The van der Waals surface area contributed by atoms with Gasteiger partial charge >= 0.3 is 0 Å². The summed E-state index contributed by atoms with van der Waals surface area (Å²) in [6, 6.07) is 4.24.